The number of hydrogen-bond acceptors (Lipinski definition) is 4. The van der Waals surface area contributed by atoms with Crippen molar-refractivity contribution in [3.8, 4) is 0 Å². The number of benzene rings is 1. The SMILES string of the molecule is Cc1cccc(NC(C)C(=O)NN=Cc2ccc(C)o2)c1. The van der Waals surface area contributed by atoms with Crippen molar-refractivity contribution in [3.63, 3.8) is 0 Å². The Morgan fingerprint density at radius 3 is 2.76 bits per heavy atom. The highest BCUT2D eigenvalue weighted by Gasteiger charge is 2.11. The van der Waals surface area contributed by atoms with Crippen LogP contribution in [0, 0.1) is 13.8 Å². The number of aryl methyl sites for hydroxylation is 2. The normalized spacial score (nSPS) is 12.3. The summed E-state index contributed by atoms with van der Waals surface area (Å²) in [6.07, 6.45) is 1.48. The van der Waals surface area contributed by atoms with Crippen LogP contribution in [0.1, 0.15) is 24.0 Å². The van der Waals surface area contributed by atoms with Crippen molar-refractivity contribution in [2.24, 2.45) is 5.10 Å². The van der Waals surface area contributed by atoms with Crippen molar-refractivity contribution in [3.05, 3.63) is 53.5 Å². The van der Waals surface area contributed by atoms with Crippen LogP contribution in [0.4, 0.5) is 5.69 Å². The minimum atomic E-state index is -0.387. The fourth-order valence-corrected chi connectivity index (χ4v) is 1.83. The molecule has 0 spiro atoms. The number of rotatable bonds is 5. The lowest BCUT2D eigenvalue weighted by molar-refractivity contribution is -0.121. The third kappa shape index (κ3) is 4.49. The molecule has 2 aromatic rings. The summed E-state index contributed by atoms with van der Waals surface area (Å²) in [7, 11) is 0. The van der Waals surface area contributed by atoms with E-state index in [9.17, 15) is 4.79 Å². The topological polar surface area (TPSA) is 66.6 Å². The van der Waals surface area contributed by atoms with Gasteiger partial charge in [-0.05, 0) is 50.6 Å². The zero-order valence-electron chi connectivity index (χ0n) is 12.4. The van der Waals surface area contributed by atoms with Gasteiger partial charge in [-0.1, -0.05) is 12.1 Å². The van der Waals surface area contributed by atoms with Gasteiger partial charge in [-0.15, -0.1) is 0 Å². The summed E-state index contributed by atoms with van der Waals surface area (Å²) in [6, 6.07) is 11.1. The molecular formula is C16H19N3O2. The molecule has 0 aliphatic rings. The zero-order valence-corrected chi connectivity index (χ0v) is 12.4. The lowest BCUT2D eigenvalue weighted by atomic mass is 10.2. The highest BCUT2D eigenvalue weighted by molar-refractivity contribution is 5.85. The van der Waals surface area contributed by atoms with Crippen molar-refractivity contribution in [1.29, 1.82) is 0 Å². The molecule has 1 amide bonds. The Morgan fingerprint density at radius 2 is 2.10 bits per heavy atom. The molecule has 110 valence electrons. The van der Waals surface area contributed by atoms with Crippen molar-refractivity contribution < 1.29 is 9.21 Å². The van der Waals surface area contributed by atoms with Gasteiger partial charge >= 0.3 is 0 Å². The highest BCUT2D eigenvalue weighted by Crippen LogP contribution is 2.10. The van der Waals surface area contributed by atoms with Crippen LogP contribution in [0.15, 0.2) is 45.9 Å². The molecule has 0 aliphatic carbocycles. The van der Waals surface area contributed by atoms with E-state index >= 15 is 0 Å². The van der Waals surface area contributed by atoms with Gasteiger partial charge in [0.05, 0.1) is 6.21 Å². The first-order chi connectivity index (χ1) is 10.0. The molecule has 5 nitrogen and oxygen atoms in total. The van der Waals surface area contributed by atoms with Crippen LogP contribution in [0.5, 0.6) is 0 Å². The van der Waals surface area contributed by atoms with E-state index in [-0.39, 0.29) is 11.9 Å². The smallest absolute Gasteiger partial charge is 0.262 e. The summed E-state index contributed by atoms with van der Waals surface area (Å²) in [5, 5.41) is 7.00. The van der Waals surface area contributed by atoms with Gasteiger partial charge < -0.3 is 9.73 Å². The Balaban J connectivity index is 1.86. The fourth-order valence-electron chi connectivity index (χ4n) is 1.83. The Labute approximate surface area is 124 Å². The summed E-state index contributed by atoms with van der Waals surface area (Å²) in [4.78, 5) is 11.9. The van der Waals surface area contributed by atoms with Gasteiger partial charge in [0.1, 0.15) is 17.6 Å². The standard InChI is InChI=1S/C16H19N3O2/c1-11-5-4-6-14(9-11)18-13(3)16(20)19-17-10-15-8-7-12(2)21-15/h4-10,13,18H,1-3H3,(H,19,20). The fraction of sp³-hybridized carbons (Fsp3) is 0.250. The maximum absolute atomic E-state index is 11.9. The van der Waals surface area contributed by atoms with Crippen molar-refractivity contribution >= 4 is 17.8 Å². The number of nitrogens with zero attached hydrogens (tertiary/aromatic N) is 1. The summed E-state index contributed by atoms with van der Waals surface area (Å²) in [5.41, 5.74) is 4.53. The number of anilines is 1. The maximum atomic E-state index is 11.9. The summed E-state index contributed by atoms with van der Waals surface area (Å²) in [6.45, 7) is 5.64. The van der Waals surface area contributed by atoms with Gasteiger partial charge in [0, 0.05) is 5.69 Å². The van der Waals surface area contributed by atoms with Crippen LogP contribution in [0.25, 0.3) is 0 Å². The van der Waals surface area contributed by atoms with E-state index in [1.54, 1.807) is 13.0 Å². The van der Waals surface area contributed by atoms with Crippen LogP contribution in [-0.2, 0) is 4.79 Å². The third-order valence-corrected chi connectivity index (χ3v) is 2.92. The van der Waals surface area contributed by atoms with E-state index in [1.807, 2.05) is 44.2 Å². The van der Waals surface area contributed by atoms with Crippen LogP contribution in [0.3, 0.4) is 0 Å². The van der Waals surface area contributed by atoms with Crippen LogP contribution < -0.4 is 10.7 Å². The van der Waals surface area contributed by atoms with E-state index in [0.29, 0.717) is 5.76 Å². The first-order valence-corrected chi connectivity index (χ1v) is 6.77. The average Bonchev–Trinajstić information content (AvgIpc) is 2.84. The number of carbonyl (C=O) groups excluding carboxylic acids is 1. The Hall–Kier alpha value is -2.56. The molecule has 21 heavy (non-hydrogen) atoms. The minimum Gasteiger partial charge on any atom is -0.460 e. The predicted octanol–water partition coefficient (Wildman–Crippen LogP) is 2.85. The predicted molar refractivity (Wildman–Crippen MR) is 83.4 cm³/mol. The van der Waals surface area contributed by atoms with E-state index in [2.05, 4.69) is 15.8 Å². The second kappa shape index (κ2) is 6.74. The first kappa shape index (κ1) is 14.8. The molecule has 0 fully saturated rings. The second-order valence-corrected chi connectivity index (χ2v) is 4.92. The zero-order chi connectivity index (χ0) is 15.2. The van der Waals surface area contributed by atoms with E-state index in [0.717, 1.165) is 17.0 Å². The molecule has 5 heteroatoms. The maximum Gasteiger partial charge on any atom is 0.262 e. The largest absolute Gasteiger partial charge is 0.460 e. The van der Waals surface area contributed by atoms with Crippen molar-refractivity contribution in [1.82, 2.24) is 5.43 Å². The number of carbonyl (C=O) groups is 1. The molecule has 2 N–H and O–H groups in total. The lowest BCUT2D eigenvalue weighted by Gasteiger charge is -2.13. The molecular weight excluding hydrogens is 266 g/mol. The van der Waals surface area contributed by atoms with E-state index in [4.69, 9.17) is 4.42 Å². The highest BCUT2D eigenvalue weighted by atomic mass is 16.3. The Bertz CT molecular complexity index is 646. The van der Waals surface area contributed by atoms with Crippen LogP contribution in [-0.4, -0.2) is 18.2 Å². The van der Waals surface area contributed by atoms with E-state index < -0.39 is 0 Å². The van der Waals surface area contributed by atoms with Gasteiger partial charge in [0.15, 0.2) is 0 Å². The van der Waals surface area contributed by atoms with Gasteiger partial charge in [0.2, 0.25) is 0 Å². The van der Waals surface area contributed by atoms with Crippen molar-refractivity contribution in [2.75, 3.05) is 5.32 Å². The summed E-state index contributed by atoms with van der Waals surface area (Å²) in [5.74, 6) is 1.19. The molecule has 1 unspecified atom stereocenters. The van der Waals surface area contributed by atoms with Crippen LogP contribution in [0.2, 0.25) is 0 Å². The number of hydrogen-bond donors (Lipinski definition) is 2. The Kier molecular flexibility index (Phi) is 4.77. The lowest BCUT2D eigenvalue weighted by Crippen LogP contribution is -2.34. The van der Waals surface area contributed by atoms with Gasteiger partial charge in [-0.2, -0.15) is 5.10 Å². The molecule has 0 aliphatic heterocycles. The van der Waals surface area contributed by atoms with Gasteiger partial charge in [0.25, 0.3) is 5.91 Å². The number of furan rings is 1. The molecule has 0 saturated heterocycles. The third-order valence-electron chi connectivity index (χ3n) is 2.92. The number of amides is 1. The molecule has 2 rings (SSSR count). The van der Waals surface area contributed by atoms with Crippen molar-refractivity contribution in [2.45, 2.75) is 26.8 Å². The summed E-state index contributed by atoms with van der Waals surface area (Å²) >= 11 is 0. The van der Waals surface area contributed by atoms with E-state index in [1.165, 1.54) is 6.21 Å². The molecule has 0 bridgehead atoms. The van der Waals surface area contributed by atoms with Crippen LogP contribution >= 0.6 is 0 Å². The number of nitrogens with one attached hydrogen (secondary N) is 2. The van der Waals surface area contributed by atoms with Gasteiger partial charge in [-0.3, -0.25) is 4.79 Å². The first-order valence-electron chi connectivity index (χ1n) is 6.77. The minimum absolute atomic E-state index is 0.212. The molecule has 0 radical (unpaired) electrons. The molecule has 1 aromatic heterocycles. The second-order valence-electron chi connectivity index (χ2n) is 4.92. The average molecular weight is 285 g/mol. The summed E-state index contributed by atoms with van der Waals surface area (Å²) < 4.78 is 5.32. The molecule has 1 heterocycles. The Morgan fingerprint density at radius 1 is 1.29 bits per heavy atom. The molecule has 1 aromatic carbocycles. The quantitative estimate of drug-likeness (QED) is 0.655. The molecule has 0 saturated carbocycles. The monoisotopic (exact) mass is 285 g/mol. The number of hydrazone groups is 1. The molecule has 1 atom stereocenters. The van der Waals surface area contributed by atoms with Gasteiger partial charge in [-0.25, -0.2) is 5.43 Å².